The van der Waals surface area contributed by atoms with Crippen molar-refractivity contribution < 1.29 is 14.7 Å². The van der Waals surface area contributed by atoms with Crippen LogP contribution in [0.1, 0.15) is 15.9 Å². The lowest BCUT2D eigenvalue weighted by atomic mass is 10.2. The van der Waals surface area contributed by atoms with Crippen LogP contribution in [0.4, 0.5) is 17.1 Å². The summed E-state index contributed by atoms with van der Waals surface area (Å²) in [5.41, 5.74) is 7.99. The van der Waals surface area contributed by atoms with Crippen molar-refractivity contribution in [2.24, 2.45) is 0 Å². The molecular weight excluding hydrogens is 320 g/mol. The molecule has 0 saturated carbocycles. The third-order valence-electron chi connectivity index (χ3n) is 3.31. The van der Waals surface area contributed by atoms with E-state index < -0.39 is 11.9 Å². The fraction of sp³-hybridized carbons (Fsp3) is 0.0556. The van der Waals surface area contributed by atoms with E-state index in [0.717, 1.165) is 5.56 Å². The molecule has 0 fully saturated rings. The van der Waals surface area contributed by atoms with Crippen LogP contribution < -0.4 is 16.4 Å². The molecular formula is C18H16N4O3. The Bertz CT molecular complexity index is 897. The third-order valence-corrected chi connectivity index (χ3v) is 3.31. The SMILES string of the molecule is Cc1ccc(N)c(N/C=C(/C#N)C(=O)Nc2cccc(C(=O)O)c2)c1. The summed E-state index contributed by atoms with van der Waals surface area (Å²) < 4.78 is 0. The molecule has 126 valence electrons. The predicted octanol–water partition coefficient (Wildman–Crippen LogP) is 2.73. The number of anilines is 3. The molecule has 0 atom stereocenters. The van der Waals surface area contributed by atoms with Crippen LogP contribution in [0.2, 0.25) is 0 Å². The summed E-state index contributed by atoms with van der Waals surface area (Å²) in [6, 6.07) is 12.9. The number of carboxylic acid groups (broad SMARTS) is 1. The second kappa shape index (κ2) is 7.66. The van der Waals surface area contributed by atoms with Crippen molar-refractivity contribution in [3.63, 3.8) is 0 Å². The van der Waals surface area contributed by atoms with Gasteiger partial charge in [-0.15, -0.1) is 0 Å². The van der Waals surface area contributed by atoms with Gasteiger partial charge in [0, 0.05) is 11.9 Å². The average molecular weight is 336 g/mol. The second-order valence-corrected chi connectivity index (χ2v) is 5.24. The molecule has 0 aliphatic heterocycles. The largest absolute Gasteiger partial charge is 0.478 e. The van der Waals surface area contributed by atoms with Gasteiger partial charge in [-0.05, 0) is 42.8 Å². The second-order valence-electron chi connectivity index (χ2n) is 5.24. The van der Waals surface area contributed by atoms with E-state index in [4.69, 9.17) is 10.8 Å². The zero-order valence-electron chi connectivity index (χ0n) is 13.4. The summed E-state index contributed by atoms with van der Waals surface area (Å²) in [4.78, 5) is 23.1. The number of hydrogen-bond acceptors (Lipinski definition) is 5. The van der Waals surface area contributed by atoms with Crippen molar-refractivity contribution in [3.05, 3.63) is 65.4 Å². The molecule has 0 spiro atoms. The number of rotatable bonds is 5. The van der Waals surface area contributed by atoms with Crippen molar-refractivity contribution in [2.45, 2.75) is 6.92 Å². The van der Waals surface area contributed by atoms with E-state index in [2.05, 4.69) is 10.6 Å². The first-order chi connectivity index (χ1) is 11.9. The Hall–Kier alpha value is -3.79. The Morgan fingerprint density at radius 1 is 1.24 bits per heavy atom. The number of benzene rings is 2. The molecule has 0 radical (unpaired) electrons. The van der Waals surface area contributed by atoms with Crippen LogP contribution in [0, 0.1) is 18.3 Å². The molecule has 0 saturated heterocycles. The van der Waals surface area contributed by atoms with E-state index in [1.165, 1.54) is 30.5 Å². The van der Waals surface area contributed by atoms with Gasteiger partial charge in [-0.1, -0.05) is 12.1 Å². The number of aromatic carboxylic acids is 1. The third kappa shape index (κ3) is 4.59. The van der Waals surface area contributed by atoms with Gasteiger partial charge in [0.1, 0.15) is 11.6 Å². The maximum absolute atomic E-state index is 12.2. The van der Waals surface area contributed by atoms with Gasteiger partial charge in [-0.2, -0.15) is 5.26 Å². The van der Waals surface area contributed by atoms with Crippen LogP contribution in [-0.4, -0.2) is 17.0 Å². The first-order valence-corrected chi connectivity index (χ1v) is 7.28. The molecule has 2 rings (SSSR count). The van der Waals surface area contributed by atoms with Gasteiger partial charge in [-0.25, -0.2) is 4.79 Å². The lowest BCUT2D eigenvalue weighted by molar-refractivity contribution is -0.112. The van der Waals surface area contributed by atoms with Crippen LogP contribution in [-0.2, 0) is 4.79 Å². The highest BCUT2D eigenvalue weighted by Crippen LogP contribution is 2.20. The zero-order valence-corrected chi connectivity index (χ0v) is 13.4. The van der Waals surface area contributed by atoms with Crippen molar-refractivity contribution in [1.29, 1.82) is 5.26 Å². The Kier molecular flexibility index (Phi) is 5.38. The molecule has 2 aromatic carbocycles. The summed E-state index contributed by atoms with van der Waals surface area (Å²) in [6.07, 6.45) is 1.25. The van der Waals surface area contributed by atoms with Crippen LogP contribution in [0.15, 0.2) is 54.2 Å². The van der Waals surface area contributed by atoms with Crippen molar-refractivity contribution in [2.75, 3.05) is 16.4 Å². The summed E-state index contributed by atoms with van der Waals surface area (Å²) in [5, 5.41) is 23.5. The van der Waals surface area contributed by atoms with Gasteiger partial charge in [-0.3, -0.25) is 4.79 Å². The van der Waals surface area contributed by atoms with Crippen LogP contribution in [0.3, 0.4) is 0 Å². The van der Waals surface area contributed by atoms with Crippen molar-refractivity contribution in [3.8, 4) is 6.07 Å². The number of carbonyl (C=O) groups excluding carboxylic acids is 1. The maximum Gasteiger partial charge on any atom is 0.335 e. The molecule has 2 aromatic rings. The van der Waals surface area contributed by atoms with Crippen molar-refractivity contribution >= 4 is 28.9 Å². The lowest BCUT2D eigenvalue weighted by Crippen LogP contribution is -2.15. The number of aryl methyl sites for hydroxylation is 1. The Balaban J connectivity index is 2.15. The number of amides is 1. The topological polar surface area (TPSA) is 128 Å². The van der Waals surface area contributed by atoms with E-state index in [1.807, 2.05) is 13.0 Å². The molecule has 0 unspecified atom stereocenters. The predicted molar refractivity (Wildman–Crippen MR) is 94.9 cm³/mol. The number of nitrogen functional groups attached to an aromatic ring is 1. The fourth-order valence-corrected chi connectivity index (χ4v) is 2.02. The summed E-state index contributed by atoms with van der Waals surface area (Å²) in [7, 11) is 0. The fourth-order valence-electron chi connectivity index (χ4n) is 2.02. The average Bonchev–Trinajstić information content (AvgIpc) is 2.58. The highest BCUT2D eigenvalue weighted by atomic mass is 16.4. The highest BCUT2D eigenvalue weighted by Gasteiger charge is 2.11. The number of nitrogens with one attached hydrogen (secondary N) is 2. The minimum atomic E-state index is -1.11. The van der Waals surface area contributed by atoms with Gasteiger partial charge < -0.3 is 21.5 Å². The lowest BCUT2D eigenvalue weighted by Gasteiger charge is -2.08. The van der Waals surface area contributed by atoms with Gasteiger partial charge in [0.2, 0.25) is 0 Å². The number of nitriles is 1. The smallest absolute Gasteiger partial charge is 0.335 e. The van der Waals surface area contributed by atoms with Gasteiger partial charge in [0.05, 0.1) is 16.9 Å². The molecule has 25 heavy (non-hydrogen) atoms. The Morgan fingerprint density at radius 3 is 2.68 bits per heavy atom. The van der Waals surface area contributed by atoms with E-state index in [9.17, 15) is 14.9 Å². The molecule has 0 heterocycles. The van der Waals surface area contributed by atoms with E-state index in [-0.39, 0.29) is 16.8 Å². The van der Waals surface area contributed by atoms with Crippen LogP contribution in [0.5, 0.6) is 0 Å². The monoisotopic (exact) mass is 336 g/mol. The molecule has 7 heteroatoms. The Labute approximate surface area is 144 Å². The molecule has 0 aliphatic rings. The van der Waals surface area contributed by atoms with E-state index in [0.29, 0.717) is 11.4 Å². The normalized spacial score (nSPS) is 10.6. The molecule has 1 amide bonds. The van der Waals surface area contributed by atoms with Gasteiger partial charge in [0.15, 0.2) is 0 Å². The van der Waals surface area contributed by atoms with E-state index in [1.54, 1.807) is 18.2 Å². The maximum atomic E-state index is 12.2. The number of nitrogens with two attached hydrogens (primary N) is 1. The summed E-state index contributed by atoms with van der Waals surface area (Å²) in [5.74, 6) is -1.77. The first kappa shape index (κ1) is 17.6. The minimum Gasteiger partial charge on any atom is -0.478 e. The van der Waals surface area contributed by atoms with Gasteiger partial charge in [0.25, 0.3) is 5.91 Å². The molecule has 0 bridgehead atoms. The Morgan fingerprint density at radius 2 is 2.00 bits per heavy atom. The summed E-state index contributed by atoms with van der Waals surface area (Å²) >= 11 is 0. The number of hydrogen-bond donors (Lipinski definition) is 4. The summed E-state index contributed by atoms with van der Waals surface area (Å²) in [6.45, 7) is 1.89. The number of carboxylic acids is 1. The first-order valence-electron chi connectivity index (χ1n) is 7.28. The minimum absolute atomic E-state index is 0.0333. The number of nitrogens with zero attached hydrogens (tertiary/aromatic N) is 1. The molecule has 0 aromatic heterocycles. The molecule has 0 aliphatic carbocycles. The molecule has 7 nitrogen and oxygen atoms in total. The zero-order chi connectivity index (χ0) is 18.4. The highest BCUT2D eigenvalue weighted by molar-refractivity contribution is 6.07. The van der Waals surface area contributed by atoms with Crippen LogP contribution in [0.25, 0.3) is 0 Å². The molecule has 5 N–H and O–H groups in total. The number of carbonyl (C=O) groups is 2. The van der Waals surface area contributed by atoms with Gasteiger partial charge >= 0.3 is 5.97 Å². The quantitative estimate of drug-likeness (QED) is 0.377. The van der Waals surface area contributed by atoms with Crippen molar-refractivity contribution in [1.82, 2.24) is 0 Å². The van der Waals surface area contributed by atoms with Crippen LogP contribution >= 0.6 is 0 Å². The van der Waals surface area contributed by atoms with E-state index >= 15 is 0 Å². The standard InChI is InChI=1S/C18H16N4O3/c1-11-5-6-15(20)16(7-11)21-10-13(9-19)17(23)22-14-4-2-3-12(8-14)18(24)25/h2-8,10,21H,20H2,1H3,(H,22,23)(H,24,25)/b13-10-.